The van der Waals surface area contributed by atoms with E-state index in [2.05, 4.69) is 19.9 Å². The Hall–Kier alpha value is -1.87. The van der Waals surface area contributed by atoms with Crippen LogP contribution in [-0.4, -0.2) is 34.7 Å². The molecule has 0 aliphatic carbocycles. The summed E-state index contributed by atoms with van der Waals surface area (Å²) in [6, 6.07) is 0. The highest BCUT2D eigenvalue weighted by atomic mass is 32.2. The van der Waals surface area contributed by atoms with E-state index < -0.39 is 10.0 Å². The van der Waals surface area contributed by atoms with Crippen LogP contribution in [0.3, 0.4) is 0 Å². The zero-order chi connectivity index (χ0) is 14.8. The summed E-state index contributed by atoms with van der Waals surface area (Å²) in [6.07, 6.45) is 4.56. The van der Waals surface area contributed by atoms with Crippen LogP contribution in [0.15, 0.2) is 17.6 Å². The standard InChI is InChI=1S/C11H18N6O2S/c1-8-9(6-14-16-8)4-3-5-15-20(18,19)11-10(12)13-7-17(11)2/h6-7,15H,3-5,12H2,1-2H3,(H,14,16). The summed E-state index contributed by atoms with van der Waals surface area (Å²) < 4.78 is 28.1. The smallest absolute Gasteiger partial charge is 0.260 e. The summed E-state index contributed by atoms with van der Waals surface area (Å²) in [6.45, 7) is 2.26. The second-order valence-corrected chi connectivity index (χ2v) is 6.25. The van der Waals surface area contributed by atoms with Gasteiger partial charge in [-0.2, -0.15) is 5.10 Å². The second-order valence-electron chi connectivity index (χ2n) is 4.57. The Kier molecular flexibility index (Phi) is 4.09. The summed E-state index contributed by atoms with van der Waals surface area (Å²) in [5.41, 5.74) is 7.66. The molecule has 0 amide bonds. The lowest BCUT2D eigenvalue weighted by Crippen LogP contribution is -2.27. The SMILES string of the molecule is Cc1[nH]ncc1CCCNS(=O)(=O)c1c(N)ncn1C. The fourth-order valence-corrected chi connectivity index (χ4v) is 3.25. The molecule has 0 fully saturated rings. The Morgan fingerprint density at radius 3 is 2.80 bits per heavy atom. The monoisotopic (exact) mass is 298 g/mol. The Bertz CT molecular complexity index is 668. The second kappa shape index (κ2) is 5.63. The first-order valence-corrected chi connectivity index (χ1v) is 7.65. The number of nitrogens with zero attached hydrogens (tertiary/aromatic N) is 3. The van der Waals surface area contributed by atoms with Crippen molar-refractivity contribution in [2.45, 2.75) is 24.8 Å². The summed E-state index contributed by atoms with van der Waals surface area (Å²) >= 11 is 0. The van der Waals surface area contributed by atoms with Gasteiger partial charge in [-0.1, -0.05) is 0 Å². The molecule has 0 radical (unpaired) electrons. The van der Waals surface area contributed by atoms with Crippen LogP contribution in [0.5, 0.6) is 0 Å². The molecule has 4 N–H and O–H groups in total. The number of rotatable bonds is 6. The van der Waals surface area contributed by atoms with Gasteiger partial charge in [0.1, 0.15) is 0 Å². The maximum Gasteiger partial charge on any atom is 0.260 e. The molecule has 2 heterocycles. The minimum atomic E-state index is -3.63. The van der Waals surface area contributed by atoms with Crippen LogP contribution < -0.4 is 10.5 Å². The van der Waals surface area contributed by atoms with Gasteiger partial charge in [-0.25, -0.2) is 18.1 Å². The molecule has 0 atom stereocenters. The van der Waals surface area contributed by atoms with E-state index in [1.165, 1.54) is 10.9 Å². The van der Waals surface area contributed by atoms with Crippen LogP contribution in [0, 0.1) is 6.92 Å². The predicted molar refractivity (Wildman–Crippen MR) is 74.5 cm³/mol. The van der Waals surface area contributed by atoms with Crippen molar-refractivity contribution in [1.82, 2.24) is 24.5 Å². The number of nitrogens with one attached hydrogen (secondary N) is 2. The molecule has 0 unspecified atom stereocenters. The number of nitrogen functional groups attached to an aromatic ring is 1. The van der Waals surface area contributed by atoms with Gasteiger partial charge in [-0.05, 0) is 25.3 Å². The van der Waals surface area contributed by atoms with Gasteiger partial charge in [0.2, 0.25) is 0 Å². The number of aromatic nitrogens is 4. The zero-order valence-corrected chi connectivity index (χ0v) is 12.2. The first-order chi connectivity index (χ1) is 9.42. The molecule has 0 bridgehead atoms. The number of H-pyrrole nitrogens is 1. The molecule has 0 aromatic carbocycles. The number of aryl methyl sites for hydroxylation is 3. The third kappa shape index (κ3) is 2.99. The third-order valence-electron chi connectivity index (χ3n) is 3.01. The molecule has 0 aliphatic rings. The predicted octanol–water partition coefficient (Wildman–Crippen LogP) is -0.0551. The Balaban J connectivity index is 1.92. The number of hydrogen-bond donors (Lipinski definition) is 3. The Morgan fingerprint density at radius 1 is 1.50 bits per heavy atom. The van der Waals surface area contributed by atoms with Crippen LogP contribution in [0.2, 0.25) is 0 Å². The maximum absolute atomic E-state index is 12.1. The third-order valence-corrected chi connectivity index (χ3v) is 4.60. The van der Waals surface area contributed by atoms with Gasteiger partial charge in [0.25, 0.3) is 10.0 Å². The molecule has 0 saturated heterocycles. The highest BCUT2D eigenvalue weighted by molar-refractivity contribution is 7.89. The fourth-order valence-electron chi connectivity index (χ4n) is 1.95. The average molecular weight is 298 g/mol. The number of sulfonamides is 1. The molecule has 110 valence electrons. The minimum absolute atomic E-state index is 0.00279. The van der Waals surface area contributed by atoms with Crippen LogP contribution in [0.1, 0.15) is 17.7 Å². The Labute approximate surface area is 117 Å². The van der Waals surface area contributed by atoms with E-state index in [4.69, 9.17) is 5.73 Å². The van der Waals surface area contributed by atoms with Gasteiger partial charge in [0, 0.05) is 19.3 Å². The van der Waals surface area contributed by atoms with Gasteiger partial charge >= 0.3 is 0 Å². The highest BCUT2D eigenvalue weighted by Gasteiger charge is 2.21. The number of nitrogens with two attached hydrogens (primary N) is 1. The van der Waals surface area contributed by atoms with E-state index in [1.54, 1.807) is 13.2 Å². The van der Waals surface area contributed by atoms with Crippen molar-refractivity contribution in [3.05, 3.63) is 23.8 Å². The largest absolute Gasteiger partial charge is 0.381 e. The lowest BCUT2D eigenvalue weighted by molar-refractivity contribution is 0.569. The van der Waals surface area contributed by atoms with Crippen molar-refractivity contribution in [2.75, 3.05) is 12.3 Å². The Morgan fingerprint density at radius 2 is 2.25 bits per heavy atom. The molecule has 2 aromatic rings. The molecule has 0 saturated carbocycles. The number of imidazole rings is 1. The van der Waals surface area contributed by atoms with Crippen molar-refractivity contribution < 1.29 is 8.42 Å². The molecule has 20 heavy (non-hydrogen) atoms. The van der Waals surface area contributed by atoms with E-state index in [1.807, 2.05) is 6.92 Å². The molecule has 2 aromatic heterocycles. The molecular formula is C11H18N6O2S. The van der Waals surface area contributed by atoms with E-state index >= 15 is 0 Å². The van der Waals surface area contributed by atoms with E-state index in [-0.39, 0.29) is 10.8 Å². The van der Waals surface area contributed by atoms with E-state index in [0.29, 0.717) is 13.0 Å². The summed E-state index contributed by atoms with van der Waals surface area (Å²) in [7, 11) is -2.04. The average Bonchev–Trinajstić information content (AvgIpc) is 2.92. The van der Waals surface area contributed by atoms with Crippen molar-refractivity contribution in [1.29, 1.82) is 0 Å². The van der Waals surface area contributed by atoms with Crippen LogP contribution in [-0.2, 0) is 23.5 Å². The van der Waals surface area contributed by atoms with Crippen LogP contribution in [0.4, 0.5) is 5.82 Å². The molecule has 2 rings (SSSR count). The molecular weight excluding hydrogens is 280 g/mol. The molecule has 0 spiro atoms. The quantitative estimate of drug-likeness (QED) is 0.646. The van der Waals surface area contributed by atoms with E-state index in [9.17, 15) is 8.42 Å². The molecule has 0 aliphatic heterocycles. The van der Waals surface area contributed by atoms with Crippen LogP contribution >= 0.6 is 0 Å². The van der Waals surface area contributed by atoms with Gasteiger partial charge in [-0.15, -0.1) is 0 Å². The topological polar surface area (TPSA) is 119 Å². The van der Waals surface area contributed by atoms with Crippen molar-refractivity contribution in [3.8, 4) is 0 Å². The zero-order valence-electron chi connectivity index (χ0n) is 11.4. The first kappa shape index (κ1) is 14.5. The highest BCUT2D eigenvalue weighted by Crippen LogP contribution is 2.15. The van der Waals surface area contributed by atoms with Crippen molar-refractivity contribution in [3.63, 3.8) is 0 Å². The number of aromatic amines is 1. The normalized spacial score (nSPS) is 11.9. The van der Waals surface area contributed by atoms with Crippen LogP contribution in [0.25, 0.3) is 0 Å². The van der Waals surface area contributed by atoms with Gasteiger partial charge in [0.05, 0.1) is 12.5 Å². The lowest BCUT2D eigenvalue weighted by Gasteiger charge is -2.07. The number of hydrogen-bond acceptors (Lipinski definition) is 5. The van der Waals surface area contributed by atoms with Gasteiger partial charge in [-0.3, -0.25) is 5.10 Å². The maximum atomic E-state index is 12.1. The minimum Gasteiger partial charge on any atom is -0.381 e. The number of anilines is 1. The fraction of sp³-hybridized carbons (Fsp3) is 0.455. The summed E-state index contributed by atoms with van der Waals surface area (Å²) in [5.74, 6) is 0.00526. The van der Waals surface area contributed by atoms with Gasteiger partial charge in [0.15, 0.2) is 10.8 Å². The molecule has 8 nitrogen and oxygen atoms in total. The lowest BCUT2D eigenvalue weighted by atomic mass is 10.1. The first-order valence-electron chi connectivity index (χ1n) is 6.17. The van der Waals surface area contributed by atoms with Crippen molar-refractivity contribution >= 4 is 15.8 Å². The van der Waals surface area contributed by atoms with Gasteiger partial charge < -0.3 is 10.3 Å². The summed E-state index contributed by atoms with van der Waals surface area (Å²) in [5, 5.41) is 6.76. The van der Waals surface area contributed by atoms with Crippen molar-refractivity contribution in [2.24, 2.45) is 7.05 Å². The molecule has 9 heteroatoms. The summed E-state index contributed by atoms with van der Waals surface area (Å²) in [4.78, 5) is 3.77. The van der Waals surface area contributed by atoms with E-state index in [0.717, 1.165) is 17.7 Å².